The molecule has 0 spiro atoms. The maximum absolute atomic E-state index is 15.0. The van der Waals surface area contributed by atoms with E-state index in [0.717, 1.165) is 0 Å². The third-order valence-electron chi connectivity index (χ3n) is 6.07. The first-order valence-electron chi connectivity index (χ1n) is 9.55. The van der Waals surface area contributed by atoms with Gasteiger partial charge in [0.05, 0.1) is 16.6 Å². The quantitative estimate of drug-likeness (QED) is 0.246. The molecule has 0 bridgehead atoms. The second kappa shape index (κ2) is 5.16. The number of nitrogens with one attached hydrogen (secondary N) is 3. The summed E-state index contributed by atoms with van der Waals surface area (Å²) in [4.78, 5) is 9.83. The molecule has 0 radical (unpaired) electrons. The van der Waals surface area contributed by atoms with Crippen LogP contribution in [0.15, 0.2) is 54.6 Å². The van der Waals surface area contributed by atoms with Crippen LogP contribution in [0.25, 0.3) is 65.4 Å². The van der Waals surface area contributed by atoms with Gasteiger partial charge >= 0.3 is 0 Å². The Morgan fingerprint density at radius 1 is 0.400 bits per heavy atom. The number of hydrogen-bond donors (Lipinski definition) is 3. The Morgan fingerprint density at radius 2 is 0.767 bits per heavy atom. The summed E-state index contributed by atoms with van der Waals surface area (Å²) in [5, 5.41) is 2.93. The van der Waals surface area contributed by atoms with E-state index in [1.54, 1.807) is 36.4 Å². The fraction of sp³-hybridized carbons (Fsp3) is 0. The maximum Gasteiger partial charge on any atom is 0.133 e. The van der Waals surface area contributed by atoms with Crippen LogP contribution in [-0.4, -0.2) is 15.0 Å². The summed E-state index contributed by atoms with van der Waals surface area (Å²) in [5.74, 6) is -1.18. The molecule has 0 aliphatic carbocycles. The Hall–Kier alpha value is -3.93. The Labute approximate surface area is 166 Å². The number of H-pyrrole nitrogens is 3. The lowest BCUT2D eigenvalue weighted by atomic mass is 10.0. The monoisotopic (exact) mass is 399 g/mol. The van der Waals surface area contributed by atoms with E-state index >= 15 is 0 Å². The molecule has 4 aromatic carbocycles. The van der Waals surface area contributed by atoms with Crippen LogP contribution in [0.1, 0.15) is 0 Å². The number of fused-ring (bicyclic) bond motifs is 12. The molecule has 0 aliphatic rings. The van der Waals surface area contributed by atoms with Crippen molar-refractivity contribution in [3.8, 4) is 0 Å². The number of halogens is 3. The lowest BCUT2D eigenvalue weighted by Gasteiger charge is -2.02. The van der Waals surface area contributed by atoms with E-state index in [-0.39, 0.29) is 5.82 Å². The molecule has 0 aliphatic heterocycles. The van der Waals surface area contributed by atoms with Crippen LogP contribution in [0, 0.1) is 17.5 Å². The van der Waals surface area contributed by atoms with E-state index in [1.165, 1.54) is 18.2 Å². The van der Waals surface area contributed by atoms with Crippen LogP contribution in [0.4, 0.5) is 13.2 Å². The minimum Gasteiger partial charge on any atom is -0.354 e. The van der Waals surface area contributed by atoms with Crippen molar-refractivity contribution in [3.63, 3.8) is 0 Å². The van der Waals surface area contributed by atoms with Gasteiger partial charge in [0.2, 0.25) is 0 Å². The number of aromatic amines is 3. The van der Waals surface area contributed by atoms with Gasteiger partial charge in [0.1, 0.15) is 17.5 Å². The van der Waals surface area contributed by atoms with Crippen molar-refractivity contribution in [2.45, 2.75) is 0 Å². The first-order valence-corrected chi connectivity index (χ1v) is 9.55. The van der Waals surface area contributed by atoms with Crippen molar-refractivity contribution in [1.82, 2.24) is 15.0 Å². The van der Waals surface area contributed by atoms with Crippen LogP contribution in [-0.2, 0) is 0 Å². The largest absolute Gasteiger partial charge is 0.354 e. The molecular formula is C24H12F3N3. The highest BCUT2D eigenvalue weighted by Crippen LogP contribution is 2.45. The van der Waals surface area contributed by atoms with Gasteiger partial charge in [-0.25, -0.2) is 13.2 Å². The highest BCUT2D eigenvalue weighted by atomic mass is 19.1. The normalized spacial score (nSPS) is 12.5. The van der Waals surface area contributed by atoms with Crippen LogP contribution >= 0.6 is 0 Å². The predicted molar refractivity (Wildman–Crippen MR) is 114 cm³/mol. The highest BCUT2D eigenvalue weighted by Gasteiger charge is 2.24. The summed E-state index contributed by atoms with van der Waals surface area (Å²) in [5.41, 5.74) is 3.66. The molecule has 3 aromatic heterocycles. The topological polar surface area (TPSA) is 47.4 Å². The number of aromatic nitrogens is 3. The van der Waals surface area contributed by atoms with Crippen molar-refractivity contribution in [3.05, 3.63) is 72.0 Å². The SMILES string of the molecule is Fc1cccc2[nH]c3c4[nH]c5cccc(F)c5c4c4c([nH]c5cccc(F)c54)c3c12. The molecule has 7 rings (SSSR count). The fourth-order valence-electron chi connectivity index (χ4n) is 4.93. The van der Waals surface area contributed by atoms with Crippen LogP contribution in [0.3, 0.4) is 0 Å². The molecule has 0 saturated heterocycles. The van der Waals surface area contributed by atoms with Crippen LogP contribution < -0.4 is 0 Å². The molecule has 3 N–H and O–H groups in total. The highest BCUT2D eigenvalue weighted by molar-refractivity contribution is 6.39. The molecule has 6 heteroatoms. The molecule has 3 heterocycles. The van der Waals surface area contributed by atoms with E-state index < -0.39 is 11.6 Å². The molecule has 144 valence electrons. The average molecular weight is 399 g/mol. The van der Waals surface area contributed by atoms with E-state index in [2.05, 4.69) is 15.0 Å². The lowest BCUT2D eigenvalue weighted by Crippen LogP contribution is -1.81. The Balaban J connectivity index is 1.96. The molecular weight excluding hydrogens is 387 g/mol. The van der Waals surface area contributed by atoms with Gasteiger partial charge < -0.3 is 15.0 Å². The van der Waals surface area contributed by atoms with E-state index in [1.807, 2.05) is 0 Å². The molecule has 0 unspecified atom stereocenters. The average Bonchev–Trinajstić information content (AvgIpc) is 3.39. The van der Waals surface area contributed by atoms with Crippen LogP contribution in [0.2, 0.25) is 0 Å². The molecule has 0 saturated carbocycles. The standard InChI is InChI=1S/C24H12F3N3/c25-10-4-1-7-13-16(10)19-20-17-11(26)5-2-8-14(17)29-23(20)24-21(22(19)28-13)18-12(27)6-3-9-15(18)30-24/h1-9,28-30H. The van der Waals surface area contributed by atoms with Gasteiger partial charge in [-0.3, -0.25) is 0 Å². The smallest absolute Gasteiger partial charge is 0.133 e. The van der Waals surface area contributed by atoms with E-state index in [4.69, 9.17) is 0 Å². The minimum absolute atomic E-state index is 0.370. The Bertz CT molecular complexity index is 1840. The van der Waals surface area contributed by atoms with Crippen molar-refractivity contribution >= 4 is 65.4 Å². The molecule has 0 fully saturated rings. The summed E-state index contributed by atoms with van der Waals surface area (Å²) in [6.07, 6.45) is 0. The van der Waals surface area contributed by atoms with Crippen molar-refractivity contribution < 1.29 is 13.2 Å². The summed E-state index contributed by atoms with van der Waals surface area (Å²) in [7, 11) is 0. The molecule has 30 heavy (non-hydrogen) atoms. The van der Waals surface area contributed by atoms with Crippen molar-refractivity contribution in [2.24, 2.45) is 0 Å². The molecule has 3 nitrogen and oxygen atoms in total. The zero-order chi connectivity index (χ0) is 20.1. The molecule has 0 atom stereocenters. The summed E-state index contributed by atoms with van der Waals surface area (Å²) >= 11 is 0. The number of hydrogen-bond acceptors (Lipinski definition) is 0. The third-order valence-corrected chi connectivity index (χ3v) is 6.07. The molecule has 0 amide bonds. The van der Waals surface area contributed by atoms with E-state index in [9.17, 15) is 13.2 Å². The van der Waals surface area contributed by atoms with Crippen LogP contribution in [0.5, 0.6) is 0 Å². The van der Waals surface area contributed by atoms with Gasteiger partial charge in [-0.1, -0.05) is 18.2 Å². The second-order valence-electron chi connectivity index (χ2n) is 7.61. The summed E-state index contributed by atoms with van der Waals surface area (Å²) < 4.78 is 44.9. The van der Waals surface area contributed by atoms with Crippen molar-refractivity contribution in [2.75, 3.05) is 0 Å². The summed E-state index contributed by atoms with van der Waals surface area (Å²) in [6, 6.07) is 14.4. The van der Waals surface area contributed by atoms with Crippen molar-refractivity contribution in [1.29, 1.82) is 0 Å². The predicted octanol–water partition coefficient (Wildman–Crippen LogP) is 7.01. The Kier molecular flexibility index (Phi) is 2.74. The second-order valence-corrected chi connectivity index (χ2v) is 7.61. The van der Waals surface area contributed by atoms with Gasteiger partial charge in [-0.2, -0.15) is 0 Å². The zero-order valence-corrected chi connectivity index (χ0v) is 15.3. The number of benzene rings is 4. The van der Waals surface area contributed by atoms with Gasteiger partial charge in [-0.05, 0) is 36.4 Å². The third kappa shape index (κ3) is 1.73. The van der Waals surface area contributed by atoms with Gasteiger partial charge in [-0.15, -0.1) is 0 Å². The first-order chi connectivity index (χ1) is 14.6. The van der Waals surface area contributed by atoms with E-state index in [0.29, 0.717) is 65.4 Å². The summed E-state index contributed by atoms with van der Waals surface area (Å²) in [6.45, 7) is 0. The lowest BCUT2D eigenvalue weighted by molar-refractivity contribution is 0.640. The van der Waals surface area contributed by atoms with Gasteiger partial charge in [0.15, 0.2) is 0 Å². The maximum atomic E-state index is 15.0. The van der Waals surface area contributed by atoms with Gasteiger partial charge in [0, 0.05) is 48.9 Å². The Morgan fingerprint density at radius 3 is 1.27 bits per heavy atom. The minimum atomic E-state index is -0.412. The fourth-order valence-corrected chi connectivity index (χ4v) is 4.93. The molecule has 7 aromatic rings. The number of rotatable bonds is 0. The zero-order valence-electron chi connectivity index (χ0n) is 15.3. The van der Waals surface area contributed by atoms with Gasteiger partial charge in [0.25, 0.3) is 0 Å². The first kappa shape index (κ1) is 15.9.